The molecule has 1 amide bonds. The van der Waals surface area contributed by atoms with Crippen molar-refractivity contribution in [2.45, 2.75) is 32.7 Å². The van der Waals surface area contributed by atoms with Crippen molar-refractivity contribution in [2.24, 2.45) is 0 Å². The van der Waals surface area contributed by atoms with Crippen LogP contribution in [0.25, 0.3) is 10.6 Å². The molecule has 0 saturated carbocycles. The van der Waals surface area contributed by atoms with Gasteiger partial charge in [-0.2, -0.15) is 0 Å². The van der Waals surface area contributed by atoms with E-state index >= 15 is 0 Å². The fraction of sp³-hybridized carbons (Fsp3) is 0.444. The average molecular weight is 366 g/mol. The minimum Gasteiger partial charge on any atom is -0.333 e. The van der Waals surface area contributed by atoms with Gasteiger partial charge in [0.25, 0.3) is 5.91 Å². The second-order valence-corrected chi connectivity index (χ2v) is 6.86. The van der Waals surface area contributed by atoms with Gasteiger partial charge in [-0.05, 0) is 31.9 Å². The second kappa shape index (κ2) is 8.60. The van der Waals surface area contributed by atoms with Gasteiger partial charge in [-0.3, -0.25) is 4.79 Å². The zero-order chi connectivity index (χ0) is 16.2. The molecule has 6 heteroatoms. The molecule has 1 aromatic heterocycles. The van der Waals surface area contributed by atoms with Crippen molar-refractivity contribution in [1.82, 2.24) is 15.2 Å². The Bertz CT molecular complexity index is 682. The number of hydrogen-bond donors (Lipinski definition) is 1. The molecule has 1 aromatic carbocycles. The first-order valence-electron chi connectivity index (χ1n) is 8.24. The molecule has 2 aromatic rings. The van der Waals surface area contributed by atoms with Crippen molar-refractivity contribution in [3.8, 4) is 10.6 Å². The van der Waals surface area contributed by atoms with Crippen molar-refractivity contribution in [3.05, 3.63) is 40.9 Å². The molecule has 1 fully saturated rings. The number of aryl methyl sites for hydroxylation is 1. The summed E-state index contributed by atoms with van der Waals surface area (Å²) in [7, 11) is 0. The number of benzene rings is 1. The van der Waals surface area contributed by atoms with Gasteiger partial charge in [-0.1, -0.05) is 31.2 Å². The Morgan fingerprint density at radius 1 is 1.42 bits per heavy atom. The van der Waals surface area contributed by atoms with E-state index in [1.807, 2.05) is 22.4 Å². The van der Waals surface area contributed by atoms with Gasteiger partial charge in [0.2, 0.25) is 0 Å². The highest BCUT2D eigenvalue weighted by Crippen LogP contribution is 2.27. The highest BCUT2D eigenvalue weighted by atomic mass is 35.5. The normalized spacial score (nSPS) is 16.7. The van der Waals surface area contributed by atoms with Crippen molar-refractivity contribution in [3.63, 3.8) is 0 Å². The van der Waals surface area contributed by atoms with Crippen LogP contribution < -0.4 is 5.32 Å². The van der Waals surface area contributed by atoms with Gasteiger partial charge < -0.3 is 10.2 Å². The molecule has 4 nitrogen and oxygen atoms in total. The monoisotopic (exact) mass is 365 g/mol. The van der Waals surface area contributed by atoms with E-state index in [0.29, 0.717) is 11.7 Å². The predicted molar refractivity (Wildman–Crippen MR) is 102 cm³/mol. The summed E-state index contributed by atoms with van der Waals surface area (Å²) in [5.41, 5.74) is 2.88. The van der Waals surface area contributed by atoms with Crippen LogP contribution in [0, 0.1) is 6.92 Å². The number of carbonyl (C=O) groups is 1. The zero-order valence-corrected chi connectivity index (χ0v) is 15.8. The maximum atomic E-state index is 12.9. The summed E-state index contributed by atoms with van der Waals surface area (Å²) in [6.45, 7) is 6.86. The molecule has 2 heterocycles. The van der Waals surface area contributed by atoms with Crippen molar-refractivity contribution in [2.75, 3.05) is 19.6 Å². The number of rotatable bonds is 5. The van der Waals surface area contributed by atoms with E-state index in [1.54, 1.807) is 11.3 Å². The molecule has 24 heavy (non-hydrogen) atoms. The molecule has 1 N–H and O–H groups in total. The summed E-state index contributed by atoms with van der Waals surface area (Å²) in [5.74, 6) is 0.0663. The van der Waals surface area contributed by atoms with Crippen LogP contribution in [0.5, 0.6) is 0 Å². The minimum atomic E-state index is 0. The lowest BCUT2D eigenvalue weighted by Gasteiger charge is -2.27. The van der Waals surface area contributed by atoms with Crippen molar-refractivity contribution < 1.29 is 4.79 Å². The molecule has 1 unspecified atom stereocenters. The number of amides is 1. The molecular weight excluding hydrogens is 342 g/mol. The zero-order valence-electron chi connectivity index (χ0n) is 14.1. The van der Waals surface area contributed by atoms with Gasteiger partial charge in [0.05, 0.1) is 0 Å². The van der Waals surface area contributed by atoms with Crippen LogP contribution >= 0.6 is 23.7 Å². The smallest absolute Gasteiger partial charge is 0.273 e. The van der Waals surface area contributed by atoms with Crippen LogP contribution in [0.2, 0.25) is 0 Å². The van der Waals surface area contributed by atoms with Gasteiger partial charge in [-0.15, -0.1) is 23.7 Å². The van der Waals surface area contributed by atoms with Gasteiger partial charge in [0, 0.05) is 30.1 Å². The standard InChI is InChI=1S/C18H23N3OS.ClH/c1-3-10-21(14-8-9-19-11-14)18(22)16-12-23-17(20-16)15-7-5-4-6-13(15)2;/h4-7,12,14,19H,3,8-11H2,1-2H3;1H. The molecule has 1 atom stereocenters. The first-order valence-corrected chi connectivity index (χ1v) is 9.12. The number of halogens is 1. The van der Waals surface area contributed by atoms with E-state index in [4.69, 9.17) is 0 Å². The topological polar surface area (TPSA) is 45.2 Å². The van der Waals surface area contributed by atoms with E-state index in [0.717, 1.165) is 43.0 Å². The van der Waals surface area contributed by atoms with Crippen LogP contribution in [0.3, 0.4) is 0 Å². The van der Waals surface area contributed by atoms with E-state index in [1.165, 1.54) is 5.56 Å². The Morgan fingerprint density at radius 2 is 2.21 bits per heavy atom. The molecular formula is C18H24ClN3OS. The SMILES string of the molecule is CCCN(C(=O)c1csc(-c2ccccc2C)n1)C1CCNC1.Cl. The van der Waals surface area contributed by atoms with E-state index < -0.39 is 0 Å². The van der Waals surface area contributed by atoms with E-state index in [9.17, 15) is 4.79 Å². The van der Waals surface area contributed by atoms with Gasteiger partial charge in [0.15, 0.2) is 0 Å². The molecule has 0 radical (unpaired) electrons. The molecule has 0 bridgehead atoms. The van der Waals surface area contributed by atoms with Crippen LogP contribution in [0.1, 0.15) is 35.8 Å². The Hall–Kier alpha value is -1.43. The Kier molecular flexibility index (Phi) is 6.78. The molecule has 1 aliphatic rings. The maximum absolute atomic E-state index is 12.9. The number of aromatic nitrogens is 1. The number of nitrogens with zero attached hydrogens (tertiary/aromatic N) is 2. The fourth-order valence-corrected chi connectivity index (χ4v) is 3.94. The largest absolute Gasteiger partial charge is 0.333 e. The molecule has 1 aliphatic heterocycles. The summed E-state index contributed by atoms with van der Waals surface area (Å²) in [4.78, 5) is 19.5. The number of hydrogen-bond acceptors (Lipinski definition) is 4. The highest BCUT2D eigenvalue weighted by molar-refractivity contribution is 7.13. The first kappa shape index (κ1) is 18.9. The second-order valence-electron chi connectivity index (χ2n) is 6.00. The van der Waals surface area contributed by atoms with Gasteiger partial charge in [-0.25, -0.2) is 4.98 Å². The summed E-state index contributed by atoms with van der Waals surface area (Å²) in [6, 6.07) is 8.47. The Balaban J connectivity index is 0.00000208. The molecule has 1 saturated heterocycles. The third-order valence-corrected chi connectivity index (χ3v) is 5.17. The Morgan fingerprint density at radius 3 is 2.88 bits per heavy atom. The lowest BCUT2D eigenvalue weighted by atomic mass is 10.1. The first-order chi connectivity index (χ1) is 11.2. The lowest BCUT2D eigenvalue weighted by molar-refractivity contribution is 0.0687. The van der Waals surface area contributed by atoms with Crippen LogP contribution in [-0.4, -0.2) is 41.5 Å². The van der Waals surface area contributed by atoms with Crippen molar-refractivity contribution in [1.29, 1.82) is 0 Å². The summed E-state index contributed by atoms with van der Waals surface area (Å²) in [6.07, 6.45) is 2.00. The average Bonchev–Trinajstić information content (AvgIpc) is 3.24. The number of carbonyl (C=O) groups excluding carboxylic acids is 1. The number of nitrogens with one attached hydrogen (secondary N) is 1. The molecule has 0 aliphatic carbocycles. The molecule has 3 rings (SSSR count). The molecule has 0 spiro atoms. The molecule has 130 valence electrons. The van der Waals surface area contributed by atoms with Crippen molar-refractivity contribution >= 4 is 29.7 Å². The highest BCUT2D eigenvalue weighted by Gasteiger charge is 2.28. The van der Waals surface area contributed by atoms with Crippen LogP contribution in [0.4, 0.5) is 0 Å². The van der Waals surface area contributed by atoms with Crippen LogP contribution in [-0.2, 0) is 0 Å². The predicted octanol–water partition coefficient (Wildman–Crippen LogP) is 3.75. The lowest BCUT2D eigenvalue weighted by Crippen LogP contribution is -2.42. The summed E-state index contributed by atoms with van der Waals surface area (Å²) in [5, 5.41) is 6.17. The fourth-order valence-electron chi connectivity index (χ4n) is 3.05. The minimum absolute atomic E-state index is 0. The third-order valence-electron chi connectivity index (χ3n) is 4.30. The third kappa shape index (κ3) is 3.97. The quantitative estimate of drug-likeness (QED) is 0.877. The maximum Gasteiger partial charge on any atom is 0.273 e. The van der Waals surface area contributed by atoms with E-state index in [2.05, 4.69) is 36.3 Å². The van der Waals surface area contributed by atoms with Gasteiger partial charge >= 0.3 is 0 Å². The number of thiazole rings is 1. The van der Waals surface area contributed by atoms with Gasteiger partial charge in [0.1, 0.15) is 10.7 Å². The summed E-state index contributed by atoms with van der Waals surface area (Å²) >= 11 is 1.55. The summed E-state index contributed by atoms with van der Waals surface area (Å²) < 4.78 is 0. The van der Waals surface area contributed by atoms with Crippen LogP contribution in [0.15, 0.2) is 29.6 Å². The van der Waals surface area contributed by atoms with E-state index in [-0.39, 0.29) is 18.3 Å². The Labute approximate surface area is 153 Å².